The molecule has 0 saturated carbocycles. The van der Waals surface area contributed by atoms with Crippen LogP contribution in [0.5, 0.6) is 0 Å². The lowest BCUT2D eigenvalue weighted by Crippen LogP contribution is -2.33. The minimum Gasteiger partial charge on any atom is -0.355 e. The minimum atomic E-state index is -0.655. The molecule has 0 radical (unpaired) electrons. The monoisotopic (exact) mass is 428 g/mol. The summed E-state index contributed by atoms with van der Waals surface area (Å²) in [7, 11) is 0. The van der Waals surface area contributed by atoms with Crippen molar-refractivity contribution >= 4 is 11.8 Å². The van der Waals surface area contributed by atoms with E-state index in [9.17, 15) is 18.4 Å². The Morgan fingerprint density at radius 1 is 1.13 bits per heavy atom. The number of carbonyl (C=O) groups is 2. The molecule has 1 saturated heterocycles. The summed E-state index contributed by atoms with van der Waals surface area (Å²) in [5, 5.41) is 2.95. The zero-order chi connectivity index (χ0) is 22.5. The van der Waals surface area contributed by atoms with Gasteiger partial charge in [0, 0.05) is 43.6 Å². The highest BCUT2D eigenvalue weighted by Gasteiger charge is 2.30. The van der Waals surface area contributed by atoms with Gasteiger partial charge in [-0.2, -0.15) is 0 Å². The van der Waals surface area contributed by atoms with Crippen molar-refractivity contribution in [3.63, 3.8) is 0 Å². The molecular formula is C25H30F2N2O2. The van der Waals surface area contributed by atoms with E-state index in [1.54, 1.807) is 4.90 Å². The van der Waals surface area contributed by atoms with E-state index >= 15 is 0 Å². The molecule has 0 spiro atoms. The molecule has 0 bridgehead atoms. The molecule has 1 aliphatic heterocycles. The van der Waals surface area contributed by atoms with E-state index in [0.717, 1.165) is 18.1 Å². The second kappa shape index (κ2) is 10.0. The molecule has 1 heterocycles. The standard InChI is InChI=1S/C25H30F2N2O2/c1-16(2)10-18-4-6-20(7-5-18)17(3)25(31)28-13-19-11-24(30)29(14-19)15-21-8-9-22(26)12-23(21)27/h4-9,12,16-17,19H,10-11,13-15H2,1-3H3,(H,28,31). The zero-order valence-corrected chi connectivity index (χ0v) is 18.3. The molecule has 1 N–H and O–H groups in total. The van der Waals surface area contributed by atoms with Gasteiger partial charge in [0.05, 0.1) is 5.92 Å². The Morgan fingerprint density at radius 3 is 2.48 bits per heavy atom. The fourth-order valence-corrected chi connectivity index (χ4v) is 3.96. The van der Waals surface area contributed by atoms with Crippen LogP contribution in [-0.2, 0) is 22.6 Å². The van der Waals surface area contributed by atoms with Crippen LogP contribution in [0.25, 0.3) is 0 Å². The predicted molar refractivity (Wildman–Crippen MR) is 116 cm³/mol. The van der Waals surface area contributed by atoms with Gasteiger partial charge in [-0.25, -0.2) is 8.78 Å². The van der Waals surface area contributed by atoms with Crippen molar-refractivity contribution in [2.24, 2.45) is 11.8 Å². The fourth-order valence-electron chi connectivity index (χ4n) is 3.96. The number of carbonyl (C=O) groups excluding carboxylic acids is 2. The van der Waals surface area contributed by atoms with Gasteiger partial charge < -0.3 is 10.2 Å². The van der Waals surface area contributed by atoms with Crippen LogP contribution in [0, 0.1) is 23.5 Å². The van der Waals surface area contributed by atoms with Crippen molar-refractivity contribution in [2.45, 2.75) is 46.1 Å². The molecule has 2 amide bonds. The second-order valence-electron chi connectivity index (χ2n) is 8.89. The number of rotatable bonds is 8. The maximum Gasteiger partial charge on any atom is 0.227 e. The highest BCUT2D eigenvalue weighted by molar-refractivity contribution is 5.83. The number of amides is 2. The molecule has 31 heavy (non-hydrogen) atoms. The predicted octanol–water partition coefficient (Wildman–Crippen LogP) is 4.43. The average Bonchev–Trinajstić information content (AvgIpc) is 3.07. The van der Waals surface area contributed by atoms with Crippen LogP contribution in [0.15, 0.2) is 42.5 Å². The summed E-state index contributed by atoms with van der Waals surface area (Å²) in [5.41, 5.74) is 2.50. The Bertz CT molecular complexity index is 928. The fraction of sp³-hybridized carbons (Fsp3) is 0.440. The lowest BCUT2D eigenvalue weighted by molar-refractivity contribution is -0.128. The van der Waals surface area contributed by atoms with Crippen LogP contribution in [0.3, 0.4) is 0 Å². The van der Waals surface area contributed by atoms with E-state index in [4.69, 9.17) is 0 Å². The third kappa shape index (κ3) is 6.12. The van der Waals surface area contributed by atoms with E-state index in [0.29, 0.717) is 25.4 Å². The first-order chi connectivity index (χ1) is 14.7. The normalized spacial score (nSPS) is 17.3. The summed E-state index contributed by atoms with van der Waals surface area (Å²) in [4.78, 5) is 26.5. The number of nitrogens with one attached hydrogen (secondary N) is 1. The first-order valence-electron chi connectivity index (χ1n) is 10.8. The SMILES string of the molecule is CC(C)Cc1ccc(C(C)C(=O)NCC2CC(=O)N(Cc3ccc(F)cc3F)C2)cc1. The van der Waals surface area contributed by atoms with Crippen LogP contribution in [0.2, 0.25) is 0 Å². The molecule has 2 atom stereocenters. The lowest BCUT2D eigenvalue weighted by Gasteiger charge is -2.18. The van der Waals surface area contributed by atoms with Gasteiger partial charge in [0.2, 0.25) is 11.8 Å². The molecule has 2 unspecified atom stereocenters. The lowest BCUT2D eigenvalue weighted by atomic mass is 9.96. The van der Waals surface area contributed by atoms with Gasteiger partial charge >= 0.3 is 0 Å². The largest absolute Gasteiger partial charge is 0.355 e. The molecule has 2 aromatic carbocycles. The Hall–Kier alpha value is -2.76. The summed E-state index contributed by atoms with van der Waals surface area (Å²) in [5.74, 6) is -1.19. The molecule has 2 aromatic rings. The first kappa shape index (κ1) is 22.9. The van der Waals surface area contributed by atoms with Gasteiger partial charge in [0.25, 0.3) is 0 Å². The van der Waals surface area contributed by atoms with Crippen LogP contribution in [0.4, 0.5) is 8.78 Å². The molecular weight excluding hydrogens is 398 g/mol. The van der Waals surface area contributed by atoms with Crippen LogP contribution >= 0.6 is 0 Å². The molecule has 3 rings (SSSR count). The van der Waals surface area contributed by atoms with E-state index in [1.807, 2.05) is 19.1 Å². The van der Waals surface area contributed by atoms with Crippen molar-refractivity contribution in [3.8, 4) is 0 Å². The van der Waals surface area contributed by atoms with Crippen LogP contribution < -0.4 is 5.32 Å². The number of benzene rings is 2. The summed E-state index contributed by atoms with van der Waals surface area (Å²) in [6.45, 7) is 7.16. The van der Waals surface area contributed by atoms with Gasteiger partial charge in [-0.15, -0.1) is 0 Å². The summed E-state index contributed by atoms with van der Waals surface area (Å²) in [6.07, 6.45) is 1.32. The maximum absolute atomic E-state index is 13.9. The van der Waals surface area contributed by atoms with Gasteiger partial charge in [-0.1, -0.05) is 44.2 Å². The molecule has 0 aromatic heterocycles. The van der Waals surface area contributed by atoms with E-state index in [2.05, 4.69) is 31.3 Å². The summed E-state index contributed by atoms with van der Waals surface area (Å²) in [6, 6.07) is 11.5. The van der Waals surface area contributed by atoms with E-state index in [1.165, 1.54) is 17.7 Å². The van der Waals surface area contributed by atoms with E-state index < -0.39 is 11.6 Å². The highest BCUT2D eigenvalue weighted by atomic mass is 19.1. The number of hydrogen-bond acceptors (Lipinski definition) is 2. The first-order valence-corrected chi connectivity index (χ1v) is 10.8. The minimum absolute atomic E-state index is 0.0272. The molecule has 4 nitrogen and oxygen atoms in total. The quantitative estimate of drug-likeness (QED) is 0.676. The van der Waals surface area contributed by atoms with Gasteiger partial charge in [0.1, 0.15) is 11.6 Å². The van der Waals surface area contributed by atoms with Crippen LogP contribution in [-0.4, -0.2) is 29.8 Å². The average molecular weight is 429 g/mol. The topological polar surface area (TPSA) is 49.4 Å². The molecule has 166 valence electrons. The van der Waals surface area contributed by atoms with Crippen molar-refractivity contribution in [2.75, 3.05) is 13.1 Å². The molecule has 1 fully saturated rings. The summed E-state index contributed by atoms with van der Waals surface area (Å²) < 4.78 is 27.0. The Morgan fingerprint density at radius 2 is 1.84 bits per heavy atom. The molecule has 6 heteroatoms. The zero-order valence-electron chi connectivity index (χ0n) is 18.3. The van der Waals surface area contributed by atoms with Gasteiger partial charge in [-0.3, -0.25) is 9.59 Å². The Labute approximate surface area is 182 Å². The Balaban J connectivity index is 1.50. The Kier molecular flexibility index (Phi) is 7.42. The van der Waals surface area contributed by atoms with Crippen molar-refractivity contribution in [3.05, 3.63) is 70.8 Å². The number of halogens is 2. The maximum atomic E-state index is 13.9. The number of nitrogens with zero attached hydrogens (tertiary/aromatic N) is 1. The number of hydrogen-bond donors (Lipinski definition) is 1. The van der Waals surface area contributed by atoms with Gasteiger partial charge in [-0.05, 0) is 36.5 Å². The van der Waals surface area contributed by atoms with Crippen molar-refractivity contribution < 1.29 is 18.4 Å². The molecule has 0 aliphatic carbocycles. The number of likely N-dealkylation sites (tertiary alicyclic amines) is 1. The van der Waals surface area contributed by atoms with Crippen molar-refractivity contribution in [1.29, 1.82) is 0 Å². The van der Waals surface area contributed by atoms with Crippen LogP contribution in [0.1, 0.15) is 49.8 Å². The van der Waals surface area contributed by atoms with Gasteiger partial charge in [0.15, 0.2) is 0 Å². The third-order valence-corrected chi connectivity index (χ3v) is 5.75. The smallest absolute Gasteiger partial charge is 0.227 e. The summed E-state index contributed by atoms with van der Waals surface area (Å²) >= 11 is 0. The molecule has 1 aliphatic rings. The third-order valence-electron chi connectivity index (χ3n) is 5.75. The highest BCUT2D eigenvalue weighted by Crippen LogP contribution is 2.22. The second-order valence-corrected chi connectivity index (χ2v) is 8.89. The van der Waals surface area contributed by atoms with Crippen molar-refractivity contribution in [1.82, 2.24) is 10.2 Å². The van der Waals surface area contributed by atoms with E-state index in [-0.39, 0.29) is 35.8 Å².